The van der Waals surface area contributed by atoms with E-state index in [0.717, 1.165) is 10.4 Å². The van der Waals surface area contributed by atoms with Gasteiger partial charge in [-0.05, 0) is 29.1 Å². The lowest BCUT2D eigenvalue weighted by atomic mass is 9.95. The Kier molecular flexibility index (Phi) is 6.22. The molecule has 29 heavy (non-hydrogen) atoms. The first-order valence-corrected chi connectivity index (χ1v) is 9.71. The number of thiophene rings is 1. The van der Waals surface area contributed by atoms with Crippen LogP contribution in [-0.4, -0.2) is 24.2 Å². The number of nitriles is 1. The van der Waals surface area contributed by atoms with Gasteiger partial charge in [-0.15, -0.1) is 11.3 Å². The maximum Gasteiger partial charge on any atom is 0.221 e. The predicted octanol–water partition coefficient (Wildman–Crippen LogP) is 3.88. The Morgan fingerprint density at radius 3 is 2.69 bits per heavy atom. The van der Waals surface area contributed by atoms with Crippen molar-refractivity contribution in [2.45, 2.75) is 13.5 Å². The van der Waals surface area contributed by atoms with E-state index in [1.165, 1.54) is 6.92 Å². The number of hydrogen-bond acceptors (Lipinski definition) is 7. The first kappa shape index (κ1) is 20.0. The number of aromatic nitrogens is 1. The lowest BCUT2D eigenvalue weighted by Crippen LogP contribution is -2.10. The van der Waals surface area contributed by atoms with Crippen molar-refractivity contribution in [3.8, 4) is 17.2 Å². The van der Waals surface area contributed by atoms with Crippen molar-refractivity contribution in [1.29, 1.82) is 5.26 Å². The van der Waals surface area contributed by atoms with Crippen LogP contribution in [0.2, 0.25) is 0 Å². The van der Waals surface area contributed by atoms with Crippen molar-refractivity contribution in [1.82, 2.24) is 4.98 Å². The minimum Gasteiger partial charge on any atom is -0.383 e. The smallest absolute Gasteiger partial charge is 0.221 e. The van der Waals surface area contributed by atoms with E-state index in [9.17, 15) is 10.1 Å². The molecule has 8 heteroatoms. The second-order valence-electron chi connectivity index (χ2n) is 6.20. The number of benzene rings is 1. The average Bonchev–Trinajstić information content (AvgIpc) is 3.22. The summed E-state index contributed by atoms with van der Waals surface area (Å²) in [6, 6.07) is 13.5. The Morgan fingerprint density at radius 1 is 1.34 bits per heavy atom. The van der Waals surface area contributed by atoms with Gasteiger partial charge in [0.1, 0.15) is 23.3 Å². The monoisotopic (exact) mass is 404 g/mol. The molecule has 3 aromatic rings. The minimum absolute atomic E-state index is 0.150. The van der Waals surface area contributed by atoms with Crippen molar-refractivity contribution < 1.29 is 4.79 Å². The zero-order valence-corrected chi connectivity index (χ0v) is 16.9. The van der Waals surface area contributed by atoms with Gasteiger partial charge in [-0.2, -0.15) is 5.26 Å². The fourth-order valence-corrected chi connectivity index (χ4v) is 3.57. The number of pyridine rings is 1. The Labute approximate surface area is 172 Å². The van der Waals surface area contributed by atoms with Crippen molar-refractivity contribution in [3.63, 3.8) is 0 Å². The molecule has 4 N–H and O–H groups in total. The van der Waals surface area contributed by atoms with Gasteiger partial charge in [0.25, 0.3) is 0 Å². The third-order valence-corrected chi connectivity index (χ3v) is 5.01. The summed E-state index contributed by atoms with van der Waals surface area (Å²) >= 11 is 1.62. The van der Waals surface area contributed by atoms with E-state index in [2.05, 4.69) is 26.7 Å². The summed E-state index contributed by atoms with van der Waals surface area (Å²) in [6.07, 6.45) is 1.60. The molecule has 0 radical (unpaired) electrons. The molecule has 0 aliphatic carbocycles. The molecule has 0 bridgehead atoms. The Hall–Kier alpha value is -3.70. The van der Waals surface area contributed by atoms with Gasteiger partial charge in [0, 0.05) is 41.9 Å². The van der Waals surface area contributed by atoms with Crippen LogP contribution in [0.5, 0.6) is 0 Å². The van der Waals surface area contributed by atoms with E-state index in [4.69, 9.17) is 5.73 Å². The van der Waals surface area contributed by atoms with Crippen LogP contribution in [0.1, 0.15) is 22.9 Å². The number of rotatable bonds is 6. The highest BCUT2D eigenvalue weighted by molar-refractivity contribution is 7.09. The van der Waals surface area contributed by atoms with Crippen molar-refractivity contribution in [3.05, 3.63) is 57.8 Å². The van der Waals surface area contributed by atoms with Crippen LogP contribution in [0.3, 0.4) is 0 Å². The fourth-order valence-electron chi connectivity index (χ4n) is 2.92. The largest absolute Gasteiger partial charge is 0.383 e. The number of hydrogen-bond donors (Lipinski definition) is 3. The molecule has 2 heterocycles. The van der Waals surface area contributed by atoms with Gasteiger partial charge in [-0.1, -0.05) is 18.2 Å². The van der Waals surface area contributed by atoms with Gasteiger partial charge in [0.15, 0.2) is 0 Å². The average molecular weight is 404 g/mol. The third-order valence-electron chi connectivity index (χ3n) is 4.14. The van der Waals surface area contributed by atoms with Gasteiger partial charge in [-0.25, -0.2) is 4.98 Å². The number of nitrogens with one attached hydrogen (secondary N) is 2. The van der Waals surface area contributed by atoms with Crippen LogP contribution < -0.4 is 16.4 Å². The molecule has 1 amide bonds. The van der Waals surface area contributed by atoms with Gasteiger partial charge in [0.05, 0.1) is 6.54 Å². The minimum atomic E-state index is -0.150. The Bertz CT molecular complexity index is 1080. The standard InChI is InChI=1S/C21H20N6OS/c1-13(28)26-15-7-5-14(6-8-15)19-17(10-22)21(25-11-16-4-3-9-29-16)27-20(23)18(19)12-24-2/h3-9,12H,11H2,1-2H3,(H,26,28)(H3,23,25,27). The first-order valence-electron chi connectivity index (χ1n) is 8.83. The van der Waals surface area contributed by atoms with Gasteiger partial charge in [-0.3, -0.25) is 9.79 Å². The molecule has 0 fully saturated rings. The summed E-state index contributed by atoms with van der Waals surface area (Å²) in [5, 5.41) is 17.8. The summed E-state index contributed by atoms with van der Waals surface area (Å²) in [7, 11) is 1.64. The highest BCUT2D eigenvalue weighted by atomic mass is 32.1. The van der Waals surface area contributed by atoms with E-state index >= 15 is 0 Å². The molecular weight excluding hydrogens is 384 g/mol. The van der Waals surface area contributed by atoms with E-state index < -0.39 is 0 Å². The topological polar surface area (TPSA) is 116 Å². The zero-order chi connectivity index (χ0) is 20.8. The molecule has 7 nitrogen and oxygen atoms in total. The van der Waals surface area contributed by atoms with E-state index in [1.54, 1.807) is 36.7 Å². The quantitative estimate of drug-likeness (QED) is 0.539. The lowest BCUT2D eigenvalue weighted by molar-refractivity contribution is -0.114. The third kappa shape index (κ3) is 4.59. The SMILES string of the molecule is CN=Cc1c(N)nc(NCc2cccs2)c(C#N)c1-c1ccc(NC(C)=O)cc1. The number of nitrogens with zero attached hydrogens (tertiary/aromatic N) is 3. The normalized spacial score (nSPS) is 10.7. The molecule has 1 aromatic carbocycles. The first-order chi connectivity index (χ1) is 14.0. The maximum absolute atomic E-state index is 11.3. The number of nitrogens with two attached hydrogens (primary N) is 1. The number of amides is 1. The van der Waals surface area contributed by atoms with E-state index in [-0.39, 0.29) is 11.7 Å². The van der Waals surface area contributed by atoms with E-state index in [1.807, 2.05) is 29.6 Å². The highest BCUT2D eigenvalue weighted by Crippen LogP contribution is 2.34. The molecule has 0 aliphatic heterocycles. The number of carbonyl (C=O) groups excluding carboxylic acids is 1. The Balaban J connectivity index is 2.09. The molecule has 0 atom stereocenters. The van der Waals surface area contributed by atoms with Crippen molar-refractivity contribution in [2.75, 3.05) is 23.4 Å². The fraction of sp³-hybridized carbons (Fsp3) is 0.143. The number of anilines is 3. The van der Waals surface area contributed by atoms with Crippen molar-refractivity contribution >= 4 is 40.8 Å². The second-order valence-corrected chi connectivity index (χ2v) is 7.23. The van der Waals surface area contributed by atoms with Crippen LogP contribution in [0.25, 0.3) is 11.1 Å². The summed E-state index contributed by atoms with van der Waals surface area (Å²) in [5.41, 5.74) is 9.27. The summed E-state index contributed by atoms with van der Waals surface area (Å²) in [5.74, 6) is 0.555. The van der Waals surface area contributed by atoms with Crippen LogP contribution in [0.4, 0.5) is 17.3 Å². The Morgan fingerprint density at radius 2 is 2.10 bits per heavy atom. The molecule has 2 aromatic heterocycles. The molecule has 0 unspecified atom stereocenters. The predicted molar refractivity (Wildman–Crippen MR) is 118 cm³/mol. The number of nitrogen functional groups attached to an aromatic ring is 1. The molecule has 0 spiro atoms. The van der Waals surface area contributed by atoms with Crippen molar-refractivity contribution in [2.24, 2.45) is 4.99 Å². The van der Waals surface area contributed by atoms with Crippen LogP contribution in [0, 0.1) is 11.3 Å². The lowest BCUT2D eigenvalue weighted by Gasteiger charge is -2.16. The molecular formula is C21H20N6OS. The summed E-state index contributed by atoms with van der Waals surface area (Å²) in [4.78, 5) is 20.9. The van der Waals surface area contributed by atoms with Crippen LogP contribution >= 0.6 is 11.3 Å². The van der Waals surface area contributed by atoms with Gasteiger partial charge >= 0.3 is 0 Å². The zero-order valence-electron chi connectivity index (χ0n) is 16.1. The second kappa shape index (κ2) is 8.99. The number of aliphatic imine (C=N–C) groups is 1. The number of carbonyl (C=O) groups is 1. The van der Waals surface area contributed by atoms with Crippen LogP contribution in [-0.2, 0) is 11.3 Å². The van der Waals surface area contributed by atoms with Crippen LogP contribution in [0.15, 0.2) is 46.8 Å². The maximum atomic E-state index is 11.3. The summed E-state index contributed by atoms with van der Waals surface area (Å²) < 4.78 is 0. The van der Waals surface area contributed by atoms with E-state index in [0.29, 0.717) is 34.7 Å². The molecule has 0 saturated carbocycles. The molecule has 0 aliphatic rings. The van der Waals surface area contributed by atoms with Gasteiger partial charge < -0.3 is 16.4 Å². The van der Waals surface area contributed by atoms with Gasteiger partial charge in [0.2, 0.25) is 5.91 Å². The highest BCUT2D eigenvalue weighted by Gasteiger charge is 2.19. The summed E-state index contributed by atoms with van der Waals surface area (Å²) in [6.45, 7) is 1.99. The molecule has 0 saturated heterocycles. The molecule has 3 rings (SSSR count). The molecule has 146 valence electrons.